The van der Waals surface area contributed by atoms with Gasteiger partial charge in [0.05, 0.1) is 4.90 Å². The second kappa shape index (κ2) is 5.38. The first-order valence-corrected chi connectivity index (χ1v) is 7.75. The third-order valence-electron chi connectivity index (χ3n) is 3.44. The van der Waals surface area contributed by atoms with Crippen LogP contribution in [0.4, 0.5) is 11.4 Å². The molecule has 19 heavy (non-hydrogen) atoms. The number of nitrogens with zero attached hydrogens (tertiary/aromatic N) is 1. The average Bonchev–Trinajstić information content (AvgIpc) is 2.33. The Balaban J connectivity index is 3.86. The van der Waals surface area contributed by atoms with E-state index < -0.39 is 10.0 Å². The number of anilines is 2. The first kappa shape index (κ1) is 15.8. The fourth-order valence-electron chi connectivity index (χ4n) is 2.29. The summed E-state index contributed by atoms with van der Waals surface area (Å²) in [7, 11) is -0.530. The van der Waals surface area contributed by atoms with Gasteiger partial charge in [-0.2, -0.15) is 0 Å². The molecule has 0 fully saturated rings. The van der Waals surface area contributed by atoms with Crippen LogP contribution in [0.2, 0.25) is 0 Å². The molecular formula is C13H23N3O2S. The summed E-state index contributed by atoms with van der Waals surface area (Å²) in [6, 6.07) is 0. The van der Waals surface area contributed by atoms with Gasteiger partial charge in [0.2, 0.25) is 10.0 Å². The minimum absolute atomic E-state index is 0.257. The highest BCUT2D eigenvalue weighted by molar-refractivity contribution is 7.89. The zero-order valence-corrected chi connectivity index (χ0v) is 13.1. The van der Waals surface area contributed by atoms with E-state index in [9.17, 15) is 8.42 Å². The molecule has 0 saturated carbocycles. The summed E-state index contributed by atoms with van der Waals surface area (Å²) in [5, 5.41) is 0. The molecule has 0 amide bonds. The number of nitrogens with two attached hydrogens (primary N) is 2. The van der Waals surface area contributed by atoms with E-state index in [0.717, 1.165) is 5.56 Å². The average molecular weight is 285 g/mol. The molecular weight excluding hydrogens is 262 g/mol. The van der Waals surface area contributed by atoms with E-state index in [2.05, 4.69) is 0 Å². The van der Waals surface area contributed by atoms with Crippen LogP contribution in [0.5, 0.6) is 0 Å². The molecule has 0 saturated heterocycles. The highest BCUT2D eigenvalue weighted by Crippen LogP contribution is 2.36. The van der Waals surface area contributed by atoms with Crippen molar-refractivity contribution in [2.75, 3.05) is 25.6 Å². The van der Waals surface area contributed by atoms with Crippen LogP contribution in [0.15, 0.2) is 4.90 Å². The van der Waals surface area contributed by atoms with Gasteiger partial charge in [-0.05, 0) is 36.5 Å². The molecule has 4 N–H and O–H groups in total. The molecule has 5 nitrogen and oxygen atoms in total. The minimum atomic E-state index is -3.55. The topological polar surface area (TPSA) is 89.4 Å². The summed E-state index contributed by atoms with van der Waals surface area (Å²) in [5.74, 6) is 0. The molecule has 0 heterocycles. The lowest BCUT2D eigenvalue weighted by molar-refractivity contribution is 0.519. The van der Waals surface area contributed by atoms with Gasteiger partial charge in [-0.15, -0.1) is 0 Å². The molecule has 0 bridgehead atoms. The highest BCUT2D eigenvalue weighted by Gasteiger charge is 2.27. The summed E-state index contributed by atoms with van der Waals surface area (Å²) in [4.78, 5) is 0.257. The van der Waals surface area contributed by atoms with Crippen molar-refractivity contribution in [2.24, 2.45) is 0 Å². The van der Waals surface area contributed by atoms with Gasteiger partial charge in [0, 0.05) is 25.5 Å². The molecule has 6 heteroatoms. The Labute approximate surface area is 115 Å². The molecule has 0 aliphatic heterocycles. The molecule has 0 atom stereocenters. The zero-order chi connectivity index (χ0) is 15.0. The van der Waals surface area contributed by atoms with Crippen molar-refractivity contribution in [1.29, 1.82) is 0 Å². The van der Waals surface area contributed by atoms with Gasteiger partial charge in [0.15, 0.2) is 0 Å². The number of hydrogen-bond donors (Lipinski definition) is 2. The smallest absolute Gasteiger partial charge is 0.243 e. The van der Waals surface area contributed by atoms with Gasteiger partial charge < -0.3 is 11.5 Å². The van der Waals surface area contributed by atoms with Crippen LogP contribution in [0.1, 0.15) is 30.5 Å². The van der Waals surface area contributed by atoms with E-state index in [1.807, 2.05) is 13.8 Å². The number of sulfonamides is 1. The van der Waals surface area contributed by atoms with E-state index >= 15 is 0 Å². The number of nitrogen functional groups attached to an aromatic ring is 2. The summed E-state index contributed by atoms with van der Waals surface area (Å²) in [6.07, 6.45) is 1.25. The van der Waals surface area contributed by atoms with E-state index in [1.54, 1.807) is 6.92 Å². The quantitative estimate of drug-likeness (QED) is 0.821. The highest BCUT2D eigenvalue weighted by atomic mass is 32.2. The van der Waals surface area contributed by atoms with Gasteiger partial charge in [-0.3, -0.25) is 0 Å². The van der Waals surface area contributed by atoms with Crippen LogP contribution in [0.25, 0.3) is 0 Å². The fraction of sp³-hybridized carbons (Fsp3) is 0.538. The van der Waals surface area contributed by atoms with Crippen LogP contribution in [0.3, 0.4) is 0 Å². The molecule has 0 unspecified atom stereocenters. The Hall–Kier alpha value is -1.27. The molecule has 0 aromatic heterocycles. The molecule has 1 aromatic rings. The summed E-state index contributed by atoms with van der Waals surface area (Å²) in [6.45, 7) is 5.60. The van der Waals surface area contributed by atoms with Gasteiger partial charge in [0.1, 0.15) is 0 Å². The maximum absolute atomic E-state index is 12.5. The normalized spacial score (nSPS) is 12.1. The van der Waals surface area contributed by atoms with E-state index in [-0.39, 0.29) is 4.90 Å². The molecule has 0 radical (unpaired) electrons. The number of rotatable bonds is 4. The lowest BCUT2D eigenvalue weighted by Gasteiger charge is -2.22. The maximum Gasteiger partial charge on any atom is 0.243 e. The van der Waals surface area contributed by atoms with Crippen LogP contribution in [-0.2, 0) is 22.9 Å². The molecule has 108 valence electrons. The Bertz CT molecular complexity index is 593. The van der Waals surface area contributed by atoms with Crippen LogP contribution < -0.4 is 11.5 Å². The van der Waals surface area contributed by atoms with Crippen molar-refractivity contribution in [1.82, 2.24) is 4.31 Å². The first-order valence-electron chi connectivity index (χ1n) is 6.31. The van der Waals surface area contributed by atoms with Crippen LogP contribution in [0, 0.1) is 6.92 Å². The zero-order valence-electron chi connectivity index (χ0n) is 12.2. The van der Waals surface area contributed by atoms with Crippen molar-refractivity contribution >= 4 is 21.4 Å². The second-order valence-electron chi connectivity index (χ2n) is 4.73. The number of hydrogen-bond acceptors (Lipinski definition) is 4. The Morgan fingerprint density at radius 3 is 1.84 bits per heavy atom. The summed E-state index contributed by atoms with van der Waals surface area (Å²) < 4.78 is 26.1. The molecule has 0 aliphatic carbocycles. The van der Waals surface area contributed by atoms with Crippen molar-refractivity contribution in [2.45, 2.75) is 38.5 Å². The van der Waals surface area contributed by atoms with Gasteiger partial charge in [-0.1, -0.05) is 13.8 Å². The van der Waals surface area contributed by atoms with Gasteiger partial charge in [0.25, 0.3) is 0 Å². The van der Waals surface area contributed by atoms with Crippen molar-refractivity contribution in [3.63, 3.8) is 0 Å². The molecule has 1 rings (SSSR count). The van der Waals surface area contributed by atoms with E-state index in [0.29, 0.717) is 35.3 Å². The Morgan fingerprint density at radius 1 is 1.00 bits per heavy atom. The second-order valence-corrected chi connectivity index (χ2v) is 6.82. The summed E-state index contributed by atoms with van der Waals surface area (Å²) in [5.41, 5.74) is 15.3. The Morgan fingerprint density at radius 2 is 1.47 bits per heavy atom. The van der Waals surface area contributed by atoms with Crippen LogP contribution >= 0.6 is 0 Å². The fourth-order valence-corrected chi connectivity index (χ4v) is 3.72. The van der Waals surface area contributed by atoms with Crippen molar-refractivity contribution in [3.05, 3.63) is 16.7 Å². The lowest BCUT2D eigenvalue weighted by Crippen LogP contribution is -2.25. The predicted molar refractivity (Wildman–Crippen MR) is 79.6 cm³/mol. The monoisotopic (exact) mass is 285 g/mol. The standard InChI is InChI=1S/C13H23N3O2S/c1-6-9-11(14)8(3)13(10(7-2)12(9)15)19(17,18)16(4)5/h6-7,14-15H2,1-5H3. The van der Waals surface area contributed by atoms with Crippen molar-refractivity contribution < 1.29 is 8.42 Å². The van der Waals surface area contributed by atoms with E-state index in [4.69, 9.17) is 11.5 Å². The maximum atomic E-state index is 12.5. The van der Waals surface area contributed by atoms with Crippen LogP contribution in [-0.4, -0.2) is 26.8 Å². The molecule has 0 aliphatic rings. The predicted octanol–water partition coefficient (Wildman–Crippen LogP) is 1.53. The SMILES string of the molecule is CCc1c(N)c(C)c(S(=O)(=O)N(C)C)c(CC)c1N. The number of benzene rings is 1. The summed E-state index contributed by atoms with van der Waals surface area (Å²) >= 11 is 0. The molecule has 0 spiro atoms. The Kier molecular flexibility index (Phi) is 4.47. The van der Waals surface area contributed by atoms with Gasteiger partial charge >= 0.3 is 0 Å². The minimum Gasteiger partial charge on any atom is -0.398 e. The van der Waals surface area contributed by atoms with E-state index in [1.165, 1.54) is 18.4 Å². The first-order chi connectivity index (χ1) is 8.69. The largest absolute Gasteiger partial charge is 0.398 e. The molecule has 1 aromatic carbocycles. The third-order valence-corrected chi connectivity index (χ3v) is 5.47. The van der Waals surface area contributed by atoms with Gasteiger partial charge in [-0.25, -0.2) is 12.7 Å². The third kappa shape index (κ3) is 2.42. The lowest BCUT2D eigenvalue weighted by atomic mass is 9.97. The van der Waals surface area contributed by atoms with Crippen molar-refractivity contribution in [3.8, 4) is 0 Å².